The molecular weight excluding hydrogens is 383 g/mol. The Bertz CT molecular complexity index is 813. The van der Waals surface area contributed by atoms with Gasteiger partial charge in [-0.3, -0.25) is 4.79 Å². The first-order chi connectivity index (χ1) is 13.9. The molecule has 29 heavy (non-hydrogen) atoms. The van der Waals surface area contributed by atoms with Crippen LogP contribution >= 0.6 is 11.6 Å². The predicted molar refractivity (Wildman–Crippen MR) is 119 cm³/mol. The molecule has 1 aliphatic rings. The average molecular weight is 411 g/mol. The number of hydrogen-bond donors (Lipinski definition) is 3. The van der Waals surface area contributed by atoms with Crippen LogP contribution in [0.4, 0.5) is 0 Å². The molecule has 1 fully saturated rings. The lowest BCUT2D eigenvalue weighted by molar-refractivity contribution is -0.145. The summed E-state index contributed by atoms with van der Waals surface area (Å²) >= 11 is 5.95. The number of hydrogen-bond acceptors (Lipinski definition) is 3. The Morgan fingerprint density at radius 1 is 1.17 bits per heavy atom. The second-order valence-corrected chi connectivity index (χ2v) is 8.55. The van der Waals surface area contributed by atoms with Crippen molar-refractivity contribution in [2.24, 2.45) is 17.6 Å². The van der Waals surface area contributed by atoms with E-state index in [0.29, 0.717) is 12.7 Å². The van der Waals surface area contributed by atoms with Gasteiger partial charge in [-0.1, -0.05) is 60.7 Å². The molecule has 2 radical (unpaired) electrons. The van der Waals surface area contributed by atoms with Crippen molar-refractivity contribution in [3.05, 3.63) is 59.1 Å². The number of carbonyl (C=O) groups is 1. The molecule has 0 heterocycles. The fraction of sp³-hybridized carbons (Fsp3) is 0.435. The maximum Gasteiger partial charge on any atom is 0.323 e. The zero-order valence-electron chi connectivity index (χ0n) is 16.6. The van der Waals surface area contributed by atoms with E-state index in [-0.39, 0.29) is 11.8 Å². The lowest BCUT2D eigenvalue weighted by Crippen LogP contribution is -2.51. The molecule has 6 heteroatoms. The van der Waals surface area contributed by atoms with Gasteiger partial charge in [-0.2, -0.15) is 0 Å². The van der Waals surface area contributed by atoms with Gasteiger partial charge in [0, 0.05) is 11.6 Å². The summed E-state index contributed by atoms with van der Waals surface area (Å²) in [5, 5.41) is 13.8. The van der Waals surface area contributed by atoms with Gasteiger partial charge in [-0.25, -0.2) is 0 Å². The van der Waals surface area contributed by atoms with Gasteiger partial charge in [-0.15, -0.1) is 0 Å². The molecule has 2 aromatic carbocycles. The monoisotopic (exact) mass is 410 g/mol. The predicted octanol–water partition coefficient (Wildman–Crippen LogP) is 4.27. The van der Waals surface area contributed by atoms with Crippen molar-refractivity contribution in [1.82, 2.24) is 5.32 Å². The van der Waals surface area contributed by atoms with Gasteiger partial charge in [-0.05, 0) is 66.5 Å². The highest BCUT2D eigenvalue weighted by Gasteiger charge is 2.49. The summed E-state index contributed by atoms with van der Waals surface area (Å²) in [4.78, 5) is 11.7. The SMILES string of the molecule is [B]CCC[C@H]1C[C@H](CNCc2ccc(-c3ccc(Cl)cc3)cc2)C[C@@]1(N)C(=O)O. The Hall–Kier alpha value is -1.82. The Balaban J connectivity index is 1.52. The molecule has 0 saturated heterocycles. The number of rotatable bonds is 9. The molecule has 1 saturated carbocycles. The fourth-order valence-electron chi connectivity index (χ4n) is 4.38. The lowest BCUT2D eigenvalue weighted by Gasteiger charge is -2.26. The van der Waals surface area contributed by atoms with Crippen LogP contribution in [0.3, 0.4) is 0 Å². The smallest absolute Gasteiger partial charge is 0.323 e. The number of aliphatic carboxylic acids is 1. The first-order valence-corrected chi connectivity index (χ1v) is 10.6. The summed E-state index contributed by atoms with van der Waals surface area (Å²) in [5.41, 5.74) is 8.62. The summed E-state index contributed by atoms with van der Waals surface area (Å²) in [6, 6.07) is 16.2. The van der Waals surface area contributed by atoms with Crippen LogP contribution in [-0.4, -0.2) is 31.0 Å². The maximum atomic E-state index is 11.7. The molecule has 4 N–H and O–H groups in total. The van der Waals surface area contributed by atoms with Crippen LogP contribution in [0, 0.1) is 11.8 Å². The van der Waals surface area contributed by atoms with Gasteiger partial charge < -0.3 is 16.2 Å². The number of benzene rings is 2. The van der Waals surface area contributed by atoms with Crippen LogP contribution in [0.5, 0.6) is 0 Å². The van der Waals surface area contributed by atoms with Gasteiger partial charge in [0.25, 0.3) is 0 Å². The van der Waals surface area contributed by atoms with Crippen LogP contribution in [0.15, 0.2) is 48.5 Å². The lowest BCUT2D eigenvalue weighted by atomic mass is 9.83. The molecule has 0 spiro atoms. The molecule has 4 nitrogen and oxygen atoms in total. The first-order valence-electron chi connectivity index (χ1n) is 10.2. The van der Waals surface area contributed by atoms with E-state index in [2.05, 4.69) is 29.6 Å². The van der Waals surface area contributed by atoms with Crippen LogP contribution in [-0.2, 0) is 11.3 Å². The van der Waals surface area contributed by atoms with Crippen molar-refractivity contribution in [2.45, 2.75) is 44.1 Å². The number of halogens is 1. The summed E-state index contributed by atoms with van der Waals surface area (Å²) in [6.45, 7) is 1.51. The molecule has 0 amide bonds. The molecule has 0 aromatic heterocycles. The largest absolute Gasteiger partial charge is 0.480 e. The van der Waals surface area contributed by atoms with Gasteiger partial charge in [0.05, 0.1) is 7.85 Å². The molecule has 0 aliphatic heterocycles. The Morgan fingerprint density at radius 3 is 2.38 bits per heavy atom. The maximum absolute atomic E-state index is 11.7. The van der Waals surface area contributed by atoms with Gasteiger partial charge >= 0.3 is 5.97 Å². The van der Waals surface area contributed by atoms with Crippen LogP contribution in [0.2, 0.25) is 11.3 Å². The molecule has 0 unspecified atom stereocenters. The van der Waals surface area contributed by atoms with E-state index in [4.69, 9.17) is 25.2 Å². The summed E-state index contributed by atoms with van der Waals surface area (Å²) in [7, 11) is 5.60. The minimum atomic E-state index is -1.12. The molecular formula is C23H28BClN2O2. The number of nitrogens with one attached hydrogen (secondary N) is 1. The molecule has 1 aliphatic carbocycles. The second kappa shape index (κ2) is 9.79. The minimum Gasteiger partial charge on any atom is -0.480 e. The van der Waals surface area contributed by atoms with Crippen molar-refractivity contribution in [2.75, 3.05) is 6.54 Å². The fourth-order valence-corrected chi connectivity index (χ4v) is 4.50. The number of nitrogens with two attached hydrogens (primary N) is 1. The van der Waals surface area contributed by atoms with Gasteiger partial charge in [0.1, 0.15) is 5.54 Å². The Kier molecular flexibility index (Phi) is 7.39. The molecule has 3 rings (SSSR count). The quantitative estimate of drug-likeness (QED) is 0.540. The van der Waals surface area contributed by atoms with E-state index in [1.54, 1.807) is 0 Å². The minimum absolute atomic E-state index is 0.00555. The van der Waals surface area contributed by atoms with E-state index in [1.807, 2.05) is 24.3 Å². The van der Waals surface area contributed by atoms with Crippen molar-refractivity contribution < 1.29 is 9.90 Å². The Labute approximate surface area is 179 Å². The second-order valence-electron chi connectivity index (χ2n) is 8.11. The highest BCUT2D eigenvalue weighted by molar-refractivity contribution is 6.30. The van der Waals surface area contributed by atoms with Crippen LogP contribution in [0.25, 0.3) is 11.1 Å². The van der Waals surface area contributed by atoms with Gasteiger partial charge in [0.15, 0.2) is 0 Å². The highest BCUT2D eigenvalue weighted by Crippen LogP contribution is 2.41. The summed E-state index contributed by atoms with van der Waals surface area (Å²) in [6.07, 6.45) is 3.52. The van der Waals surface area contributed by atoms with Crippen molar-refractivity contribution in [3.8, 4) is 11.1 Å². The standard InChI is InChI=1S/C23H28BClN2O2/c24-11-1-2-20-12-17(13-23(20,26)22(28)29)15-27-14-16-3-5-18(6-4-16)19-7-9-21(25)10-8-19/h3-10,17,20,27H,1-2,11-15,26H2,(H,28,29)/t17-,20-,23-/m0/s1. The summed E-state index contributed by atoms with van der Waals surface area (Å²) < 4.78 is 0. The van der Waals surface area contributed by atoms with Crippen molar-refractivity contribution >= 4 is 25.4 Å². The van der Waals surface area contributed by atoms with E-state index >= 15 is 0 Å². The third-order valence-electron chi connectivity index (χ3n) is 6.02. The topological polar surface area (TPSA) is 75.3 Å². The van der Waals surface area contributed by atoms with Crippen LogP contribution < -0.4 is 11.1 Å². The highest BCUT2D eigenvalue weighted by atomic mass is 35.5. The van der Waals surface area contributed by atoms with Crippen LogP contribution in [0.1, 0.15) is 31.2 Å². The van der Waals surface area contributed by atoms with E-state index in [1.165, 1.54) is 5.56 Å². The van der Waals surface area contributed by atoms with E-state index in [0.717, 1.165) is 48.5 Å². The molecule has 0 bridgehead atoms. The average Bonchev–Trinajstić information content (AvgIpc) is 3.04. The normalized spacial score (nSPS) is 23.9. The van der Waals surface area contributed by atoms with Crippen molar-refractivity contribution in [3.63, 3.8) is 0 Å². The number of carboxylic acids is 1. The zero-order chi connectivity index (χ0) is 20.9. The molecule has 3 atom stereocenters. The van der Waals surface area contributed by atoms with Gasteiger partial charge in [0.2, 0.25) is 0 Å². The van der Waals surface area contributed by atoms with E-state index < -0.39 is 11.5 Å². The Morgan fingerprint density at radius 2 is 1.79 bits per heavy atom. The number of carboxylic acid groups (broad SMARTS) is 1. The molecule has 2 aromatic rings. The van der Waals surface area contributed by atoms with Crippen molar-refractivity contribution in [1.29, 1.82) is 0 Å². The molecule has 152 valence electrons. The third-order valence-corrected chi connectivity index (χ3v) is 6.27. The zero-order valence-corrected chi connectivity index (χ0v) is 17.4. The third kappa shape index (κ3) is 5.41. The summed E-state index contributed by atoms with van der Waals surface area (Å²) in [5.74, 6) is -0.624. The first kappa shape index (κ1) is 21.9. The van der Waals surface area contributed by atoms with E-state index in [9.17, 15) is 9.90 Å².